The first-order valence-electron chi connectivity index (χ1n) is 7.54. The van der Waals surface area contributed by atoms with Gasteiger partial charge in [-0.3, -0.25) is 5.41 Å². The van der Waals surface area contributed by atoms with Crippen LogP contribution in [-0.4, -0.2) is 23.9 Å². The Morgan fingerprint density at radius 3 is 1.77 bits per heavy atom. The van der Waals surface area contributed by atoms with E-state index < -0.39 is 0 Å². The fraction of sp³-hybridized carbons (Fsp3) is 0.278. The third-order valence-corrected chi connectivity index (χ3v) is 3.97. The smallest absolute Gasteiger partial charge is 0.191 e. The van der Waals surface area contributed by atoms with Gasteiger partial charge in [-0.05, 0) is 24.0 Å². The van der Waals surface area contributed by atoms with Crippen LogP contribution in [0.2, 0.25) is 0 Å². The molecule has 0 bridgehead atoms. The molecular weight excluding hydrogens is 385 g/mol. The zero-order valence-electron chi connectivity index (χ0n) is 12.5. The summed E-state index contributed by atoms with van der Waals surface area (Å²) < 4.78 is 0. The molecule has 1 aliphatic heterocycles. The Kier molecular flexibility index (Phi) is 6.24. The molecule has 1 aliphatic rings. The lowest BCUT2D eigenvalue weighted by molar-refractivity contribution is 0.482. The van der Waals surface area contributed by atoms with E-state index in [1.54, 1.807) is 0 Å². The molecule has 0 radical (unpaired) electrons. The first-order chi connectivity index (χ1) is 10.3. The van der Waals surface area contributed by atoms with Crippen molar-refractivity contribution < 1.29 is 0 Å². The molecule has 2 N–H and O–H groups in total. The second kappa shape index (κ2) is 8.17. The van der Waals surface area contributed by atoms with Crippen LogP contribution >= 0.6 is 24.0 Å². The van der Waals surface area contributed by atoms with E-state index in [-0.39, 0.29) is 30.0 Å². The number of hydrogen-bond acceptors (Lipinski definition) is 1. The van der Waals surface area contributed by atoms with E-state index in [4.69, 9.17) is 5.41 Å². The van der Waals surface area contributed by atoms with Gasteiger partial charge in [-0.1, -0.05) is 60.7 Å². The van der Waals surface area contributed by atoms with Gasteiger partial charge >= 0.3 is 0 Å². The van der Waals surface area contributed by atoms with Crippen molar-refractivity contribution in [1.29, 1.82) is 5.41 Å². The molecule has 0 spiro atoms. The van der Waals surface area contributed by atoms with Crippen LogP contribution in [0.4, 0.5) is 0 Å². The highest BCUT2D eigenvalue weighted by atomic mass is 127. The topological polar surface area (TPSA) is 39.1 Å². The molecule has 4 heteroatoms. The first-order valence-corrected chi connectivity index (χ1v) is 7.54. The van der Waals surface area contributed by atoms with Crippen LogP contribution in [0.15, 0.2) is 60.7 Å². The van der Waals surface area contributed by atoms with Gasteiger partial charge in [0.05, 0.1) is 6.04 Å². The van der Waals surface area contributed by atoms with E-state index in [0.29, 0.717) is 5.96 Å². The van der Waals surface area contributed by atoms with Crippen LogP contribution < -0.4 is 5.32 Å². The monoisotopic (exact) mass is 407 g/mol. The highest BCUT2D eigenvalue weighted by molar-refractivity contribution is 14.0. The van der Waals surface area contributed by atoms with Crippen molar-refractivity contribution in [2.75, 3.05) is 13.1 Å². The zero-order chi connectivity index (χ0) is 14.5. The molecule has 3 nitrogen and oxygen atoms in total. The fourth-order valence-electron chi connectivity index (χ4n) is 2.82. The van der Waals surface area contributed by atoms with Crippen molar-refractivity contribution in [3.63, 3.8) is 0 Å². The summed E-state index contributed by atoms with van der Waals surface area (Å²) >= 11 is 0. The molecule has 1 saturated heterocycles. The maximum Gasteiger partial charge on any atom is 0.191 e. The van der Waals surface area contributed by atoms with Crippen LogP contribution in [-0.2, 0) is 0 Å². The molecule has 22 heavy (non-hydrogen) atoms. The Bertz CT molecular complexity index is 540. The molecule has 0 aromatic heterocycles. The highest BCUT2D eigenvalue weighted by Gasteiger charge is 2.20. The normalized spacial score (nSPS) is 13.8. The van der Waals surface area contributed by atoms with Crippen LogP contribution in [0.3, 0.4) is 0 Å². The molecule has 0 unspecified atom stereocenters. The van der Waals surface area contributed by atoms with Crippen LogP contribution in [0.25, 0.3) is 0 Å². The summed E-state index contributed by atoms with van der Waals surface area (Å²) in [4.78, 5) is 2.12. The number of rotatable bonds is 3. The molecule has 0 amide bonds. The third kappa shape index (κ3) is 4.00. The molecule has 1 fully saturated rings. The molecular formula is C18H22IN3. The van der Waals surface area contributed by atoms with Gasteiger partial charge < -0.3 is 10.2 Å². The molecule has 1 heterocycles. The summed E-state index contributed by atoms with van der Waals surface area (Å²) in [6.07, 6.45) is 2.37. The minimum atomic E-state index is 0. The minimum absolute atomic E-state index is 0. The lowest BCUT2D eigenvalue weighted by atomic mass is 9.99. The standard InChI is InChI=1S/C18H21N3.HI/c19-18(21-13-7-8-14-21)20-17(15-9-3-1-4-10-15)16-11-5-2-6-12-16;/h1-6,9-12,17H,7-8,13-14H2,(H2,19,20);1H. The van der Waals surface area contributed by atoms with Crippen molar-refractivity contribution in [1.82, 2.24) is 10.2 Å². The molecule has 0 aliphatic carbocycles. The Morgan fingerprint density at radius 2 is 1.32 bits per heavy atom. The van der Waals surface area contributed by atoms with E-state index in [2.05, 4.69) is 34.5 Å². The van der Waals surface area contributed by atoms with Gasteiger partial charge in [-0.25, -0.2) is 0 Å². The summed E-state index contributed by atoms with van der Waals surface area (Å²) in [5.41, 5.74) is 2.38. The maximum absolute atomic E-state index is 8.33. The summed E-state index contributed by atoms with van der Waals surface area (Å²) in [5, 5.41) is 11.7. The van der Waals surface area contributed by atoms with Crippen LogP contribution in [0, 0.1) is 5.41 Å². The number of hydrogen-bond donors (Lipinski definition) is 2. The average molecular weight is 407 g/mol. The lowest BCUT2D eigenvalue weighted by Crippen LogP contribution is -2.41. The molecule has 2 aromatic rings. The molecule has 0 atom stereocenters. The average Bonchev–Trinajstić information content (AvgIpc) is 3.09. The number of guanidine groups is 1. The Hall–Kier alpha value is -1.56. The largest absolute Gasteiger partial charge is 0.345 e. The maximum atomic E-state index is 8.33. The SMILES string of the molecule is I.N=C(NC(c1ccccc1)c1ccccc1)N1CCCC1. The quantitative estimate of drug-likeness (QED) is 0.459. The summed E-state index contributed by atoms with van der Waals surface area (Å²) in [6.45, 7) is 1.98. The minimum Gasteiger partial charge on any atom is -0.345 e. The van der Waals surface area contributed by atoms with E-state index in [1.165, 1.54) is 24.0 Å². The van der Waals surface area contributed by atoms with Gasteiger partial charge in [-0.2, -0.15) is 0 Å². The number of halogens is 1. The lowest BCUT2D eigenvalue weighted by Gasteiger charge is -2.26. The second-order valence-electron chi connectivity index (χ2n) is 5.44. The van der Waals surface area contributed by atoms with Gasteiger partial charge in [0, 0.05) is 13.1 Å². The Balaban J connectivity index is 0.00000176. The van der Waals surface area contributed by atoms with E-state index >= 15 is 0 Å². The van der Waals surface area contributed by atoms with Gasteiger partial charge in [-0.15, -0.1) is 24.0 Å². The predicted octanol–water partition coefficient (Wildman–Crippen LogP) is 4.01. The second-order valence-corrected chi connectivity index (χ2v) is 5.44. The molecule has 0 saturated carbocycles. The van der Waals surface area contributed by atoms with Gasteiger partial charge in [0.2, 0.25) is 0 Å². The summed E-state index contributed by atoms with van der Waals surface area (Å²) in [6, 6.07) is 20.7. The fourth-order valence-corrected chi connectivity index (χ4v) is 2.82. The van der Waals surface area contributed by atoms with E-state index in [1.807, 2.05) is 36.4 Å². The van der Waals surface area contributed by atoms with Gasteiger partial charge in [0.1, 0.15) is 0 Å². The summed E-state index contributed by atoms with van der Waals surface area (Å²) in [7, 11) is 0. The van der Waals surface area contributed by atoms with Crippen molar-refractivity contribution in [2.45, 2.75) is 18.9 Å². The highest BCUT2D eigenvalue weighted by Crippen LogP contribution is 2.22. The van der Waals surface area contributed by atoms with E-state index in [9.17, 15) is 0 Å². The molecule has 116 valence electrons. The molecule has 2 aromatic carbocycles. The van der Waals surface area contributed by atoms with Crippen LogP contribution in [0.1, 0.15) is 30.0 Å². The van der Waals surface area contributed by atoms with Crippen molar-refractivity contribution in [2.24, 2.45) is 0 Å². The number of nitrogens with zero attached hydrogens (tertiary/aromatic N) is 1. The zero-order valence-corrected chi connectivity index (χ0v) is 14.9. The Morgan fingerprint density at radius 1 is 0.864 bits per heavy atom. The first kappa shape index (κ1) is 16.8. The molecule has 3 rings (SSSR count). The predicted molar refractivity (Wildman–Crippen MR) is 102 cm³/mol. The number of likely N-dealkylation sites (tertiary alicyclic amines) is 1. The number of nitrogens with one attached hydrogen (secondary N) is 2. The third-order valence-electron chi connectivity index (χ3n) is 3.97. The summed E-state index contributed by atoms with van der Waals surface area (Å²) in [5.74, 6) is 0.533. The Labute approximate surface area is 149 Å². The van der Waals surface area contributed by atoms with Crippen molar-refractivity contribution in [3.05, 3.63) is 71.8 Å². The van der Waals surface area contributed by atoms with Gasteiger partial charge in [0.25, 0.3) is 0 Å². The van der Waals surface area contributed by atoms with Crippen LogP contribution in [0.5, 0.6) is 0 Å². The van der Waals surface area contributed by atoms with Gasteiger partial charge in [0.15, 0.2) is 5.96 Å². The van der Waals surface area contributed by atoms with Crippen molar-refractivity contribution in [3.8, 4) is 0 Å². The number of benzene rings is 2. The van der Waals surface area contributed by atoms with Crippen molar-refractivity contribution >= 4 is 29.9 Å². The van der Waals surface area contributed by atoms with E-state index in [0.717, 1.165) is 13.1 Å².